The molecule has 0 amide bonds. The molecule has 0 atom stereocenters. The Labute approximate surface area is 180 Å². The van der Waals surface area contributed by atoms with E-state index in [2.05, 4.69) is 49.2 Å². The van der Waals surface area contributed by atoms with Crippen molar-refractivity contribution in [1.29, 1.82) is 0 Å². The summed E-state index contributed by atoms with van der Waals surface area (Å²) in [6.07, 6.45) is 7.38. The van der Waals surface area contributed by atoms with Crippen LogP contribution < -0.4 is 16.8 Å². The van der Waals surface area contributed by atoms with Gasteiger partial charge in [0.2, 0.25) is 0 Å². The zero-order valence-electron chi connectivity index (χ0n) is 17.8. The van der Waals surface area contributed by atoms with Gasteiger partial charge in [-0.1, -0.05) is 6.07 Å². The molecule has 1 fully saturated rings. The van der Waals surface area contributed by atoms with Crippen molar-refractivity contribution in [2.24, 2.45) is 0 Å². The fraction of sp³-hybridized carbons (Fsp3) is 0.304. The van der Waals surface area contributed by atoms with Gasteiger partial charge in [-0.25, -0.2) is 19.9 Å². The van der Waals surface area contributed by atoms with Crippen molar-refractivity contribution in [1.82, 2.24) is 24.3 Å². The lowest BCUT2D eigenvalue weighted by Gasteiger charge is -2.11. The predicted octanol–water partition coefficient (Wildman–Crippen LogP) is 3.38. The maximum Gasteiger partial charge on any atom is 0.137 e. The van der Waals surface area contributed by atoms with E-state index in [1.165, 1.54) is 18.4 Å². The van der Waals surface area contributed by atoms with E-state index in [4.69, 9.17) is 16.5 Å². The fourth-order valence-electron chi connectivity index (χ4n) is 3.99. The van der Waals surface area contributed by atoms with Crippen molar-refractivity contribution in [2.45, 2.75) is 45.6 Å². The molecule has 8 heteroatoms. The SMILES string of the molecule is Cc1cc(N)nc(C)c1Cc1nc(N)cc(NCc2cn3cc(C4CC4)ccc3n2)n1. The minimum Gasteiger partial charge on any atom is -0.384 e. The van der Waals surface area contributed by atoms with Crippen LogP contribution in [0.25, 0.3) is 5.65 Å². The van der Waals surface area contributed by atoms with Crippen molar-refractivity contribution in [3.8, 4) is 0 Å². The molecule has 4 aromatic rings. The summed E-state index contributed by atoms with van der Waals surface area (Å²) in [5, 5.41) is 3.33. The number of rotatable bonds is 6. The van der Waals surface area contributed by atoms with Crippen molar-refractivity contribution in [3.05, 3.63) is 70.6 Å². The molecule has 1 aliphatic carbocycles. The van der Waals surface area contributed by atoms with E-state index in [1.54, 1.807) is 6.07 Å². The van der Waals surface area contributed by atoms with Crippen molar-refractivity contribution in [3.63, 3.8) is 0 Å². The Kier molecular flexibility index (Phi) is 4.69. The second kappa shape index (κ2) is 7.54. The highest BCUT2D eigenvalue weighted by atomic mass is 15.1. The van der Waals surface area contributed by atoms with Gasteiger partial charge in [0.25, 0.3) is 0 Å². The first-order valence-electron chi connectivity index (χ1n) is 10.5. The summed E-state index contributed by atoms with van der Waals surface area (Å²) in [4.78, 5) is 18.1. The van der Waals surface area contributed by atoms with Crippen LogP contribution in [0.5, 0.6) is 0 Å². The first-order chi connectivity index (χ1) is 14.9. The third-order valence-electron chi connectivity index (χ3n) is 5.72. The molecule has 0 saturated heterocycles. The molecule has 31 heavy (non-hydrogen) atoms. The van der Waals surface area contributed by atoms with Gasteiger partial charge in [-0.3, -0.25) is 0 Å². The zero-order chi connectivity index (χ0) is 21.5. The van der Waals surface area contributed by atoms with Gasteiger partial charge in [-0.15, -0.1) is 0 Å². The Morgan fingerprint density at radius 3 is 2.58 bits per heavy atom. The smallest absolute Gasteiger partial charge is 0.137 e. The second-order valence-electron chi connectivity index (χ2n) is 8.29. The fourth-order valence-corrected chi connectivity index (χ4v) is 3.99. The van der Waals surface area contributed by atoms with Crippen LogP contribution in [0.15, 0.2) is 36.7 Å². The van der Waals surface area contributed by atoms with E-state index in [0.717, 1.165) is 34.1 Å². The summed E-state index contributed by atoms with van der Waals surface area (Å²) in [7, 11) is 0. The number of hydrogen-bond donors (Lipinski definition) is 3. The number of nitrogen functional groups attached to an aromatic ring is 2. The molecule has 1 saturated carbocycles. The second-order valence-corrected chi connectivity index (χ2v) is 8.29. The lowest BCUT2D eigenvalue weighted by Crippen LogP contribution is -2.09. The molecule has 0 unspecified atom stereocenters. The maximum atomic E-state index is 6.05. The molecule has 1 aliphatic rings. The van der Waals surface area contributed by atoms with Crippen molar-refractivity contribution < 1.29 is 0 Å². The topological polar surface area (TPSA) is 120 Å². The van der Waals surface area contributed by atoms with E-state index in [1.807, 2.05) is 19.9 Å². The summed E-state index contributed by atoms with van der Waals surface area (Å²) in [5.41, 5.74) is 18.2. The molecule has 5 N–H and O–H groups in total. The Hall–Kier alpha value is -3.68. The molecule has 0 spiro atoms. The number of fused-ring (bicyclic) bond motifs is 1. The van der Waals surface area contributed by atoms with Crippen LogP contribution in [-0.4, -0.2) is 24.3 Å². The molecule has 5 rings (SSSR count). The van der Waals surface area contributed by atoms with E-state index >= 15 is 0 Å². The highest BCUT2D eigenvalue weighted by Crippen LogP contribution is 2.39. The number of aryl methyl sites for hydroxylation is 2. The van der Waals surface area contributed by atoms with Gasteiger partial charge in [-0.05, 0) is 61.4 Å². The Bertz CT molecular complexity index is 1250. The van der Waals surface area contributed by atoms with Crippen LogP contribution in [0.1, 0.15) is 52.7 Å². The van der Waals surface area contributed by atoms with Gasteiger partial charge in [0.15, 0.2) is 0 Å². The van der Waals surface area contributed by atoms with Gasteiger partial charge < -0.3 is 21.2 Å². The Morgan fingerprint density at radius 1 is 1.00 bits per heavy atom. The van der Waals surface area contributed by atoms with Gasteiger partial charge in [0.1, 0.15) is 28.9 Å². The van der Waals surface area contributed by atoms with E-state index in [-0.39, 0.29) is 0 Å². The highest BCUT2D eigenvalue weighted by molar-refractivity contribution is 5.48. The average molecular weight is 415 g/mol. The van der Waals surface area contributed by atoms with Gasteiger partial charge >= 0.3 is 0 Å². The summed E-state index contributed by atoms with van der Waals surface area (Å²) in [5.74, 6) is 2.99. The summed E-state index contributed by atoms with van der Waals surface area (Å²) in [6, 6.07) is 7.88. The maximum absolute atomic E-state index is 6.05. The normalized spacial score (nSPS) is 13.6. The summed E-state index contributed by atoms with van der Waals surface area (Å²) < 4.78 is 2.10. The monoisotopic (exact) mass is 414 g/mol. The Balaban J connectivity index is 1.33. The third-order valence-corrected chi connectivity index (χ3v) is 5.72. The molecule has 0 aliphatic heterocycles. The van der Waals surface area contributed by atoms with E-state index < -0.39 is 0 Å². The first-order valence-corrected chi connectivity index (χ1v) is 10.5. The van der Waals surface area contributed by atoms with Crippen molar-refractivity contribution >= 4 is 23.1 Å². The minimum absolute atomic E-state index is 0.426. The number of nitrogens with two attached hydrogens (primary N) is 2. The summed E-state index contributed by atoms with van der Waals surface area (Å²) >= 11 is 0. The Morgan fingerprint density at radius 2 is 1.81 bits per heavy atom. The molecule has 0 aromatic carbocycles. The van der Waals surface area contributed by atoms with Gasteiger partial charge in [0, 0.05) is 30.6 Å². The van der Waals surface area contributed by atoms with Crippen LogP contribution in [0.4, 0.5) is 17.5 Å². The predicted molar refractivity (Wildman–Crippen MR) is 122 cm³/mol. The van der Waals surface area contributed by atoms with Gasteiger partial charge in [-0.2, -0.15) is 0 Å². The number of imidazole rings is 1. The lowest BCUT2D eigenvalue weighted by atomic mass is 10.0. The first kappa shape index (κ1) is 19.3. The number of aromatic nitrogens is 5. The molecule has 158 valence electrons. The number of hydrogen-bond acceptors (Lipinski definition) is 7. The van der Waals surface area contributed by atoms with Crippen LogP contribution in [-0.2, 0) is 13.0 Å². The molecular weight excluding hydrogens is 388 g/mol. The standard InChI is InChI=1S/C23H26N8/c1-13-7-19(24)27-14(2)18(13)8-22-29-20(25)9-21(30-22)26-10-17-12-31-11-16(15-3-4-15)5-6-23(31)28-17/h5-7,9,11-12,15H,3-4,8,10H2,1-2H3,(H2,24,27)(H3,25,26,29,30). The van der Waals surface area contributed by atoms with Crippen LogP contribution in [0.2, 0.25) is 0 Å². The molecule has 0 bridgehead atoms. The van der Waals surface area contributed by atoms with Crippen molar-refractivity contribution in [2.75, 3.05) is 16.8 Å². The molecule has 0 radical (unpaired) electrons. The molecule has 4 aromatic heterocycles. The van der Waals surface area contributed by atoms with E-state index in [9.17, 15) is 0 Å². The highest BCUT2D eigenvalue weighted by Gasteiger charge is 2.23. The number of anilines is 3. The lowest BCUT2D eigenvalue weighted by molar-refractivity contribution is 0.934. The quantitative estimate of drug-likeness (QED) is 0.442. The zero-order valence-corrected chi connectivity index (χ0v) is 17.8. The van der Waals surface area contributed by atoms with Gasteiger partial charge in [0.05, 0.1) is 12.2 Å². The minimum atomic E-state index is 0.426. The number of nitrogens with zero attached hydrogens (tertiary/aromatic N) is 5. The van der Waals surface area contributed by atoms with Crippen LogP contribution >= 0.6 is 0 Å². The van der Waals surface area contributed by atoms with Crippen LogP contribution in [0.3, 0.4) is 0 Å². The average Bonchev–Trinajstić information content (AvgIpc) is 3.48. The summed E-state index contributed by atoms with van der Waals surface area (Å²) in [6.45, 7) is 4.52. The molecular formula is C23H26N8. The molecule has 4 heterocycles. The van der Waals surface area contributed by atoms with E-state index in [0.29, 0.717) is 36.2 Å². The number of pyridine rings is 2. The third kappa shape index (κ3) is 4.14. The number of nitrogens with one attached hydrogen (secondary N) is 1. The molecule has 8 nitrogen and oxygen atoms in total. The largest absolute Gasteiger partial charge is 0.384 e. The van der Waals surface area contributed by atoms with Crippen LogP contribution in [0, 0.1) is 13.8 Å².